The smallest absolute Gasteiger partial charge is 0.290 e. The van der Waals surface area contributed by atoms with Crippen LogP contribution in [0.25, 0.3) is 0 Å². The second-order valence-electron chi connectivity index (χ2n) is 6.83. The first kappa shape index (κ1) is 19.1. The van der Waals surface area contributed by atoms with Gasteiger partial charge in [0.2, 0.25) is 5.78 Å². The summed E-state index contributed by atoms with van der Waals surface area (Å²) in [5.41, 5.74) is 0.908. The van der Waals surface area contributed by atoms with Crippen molar-refractivity contribution in [1.29, 1.82) is 0 Å². The van der Waals surface area contributed by atoms with E-state index in [1.807, 2.05) is 32.0 Å². The third-order valence-corrected chi connectivity index (χ3v) is 4.30. The van der Waals surface area contributed by atoms with Gasteiger partial charge in [0, 0.05) is 37.3 Å². The third kappa shape index (κ3) is 5.11. The van der Waals surface area contributed by atoms with Gasteiger partial charge < -0.3 is 19.7 Å². The fourth-order valence-corrected chi connectivity index (χ4v) is 3.08. The van der Waals surface area contributed by atoms with Crippen LogP contribution < -0.4 is 14.8 Å². The van der Waals surface area contributed by atoms with Gasteiger partial charge in [-0.2, -0.15) is 0 Å². The highest BCUT2D eigenvalue weighted by molar-refractivity contribution is 6.36. The van der Waals surface area contributed by atoms with Crippen molar-refractivity contribution in [2.75, 3.05) is 32.6 Å². The Kier molecular flexibility index (Phi) is 6.67. The van der Waals surface area contributed by atoms with Gasteiger partial charge in [0.25, 0.3) is 5.91 Å². The highest BCUT2D eigenvalue weighted by Crippen LogP contribution is 2.30. The minimum absolute atomic E-state index is 0.114. The van der Waals surface area contributed by atoms with E-state index in [0.717, 1.165) is 18.5 Å². The molecule has 1 N–H and O–H groups in total. The second kappa shape index (κ2) is 8.74. The normalized spacial score (nSPS) is 17.3. The molecule has 6 heteroatoms. The topological polar surface area (TPSA) is 67.9 Å². The van der Waals surface area contributed by atoms with Crippen molar-refractivity contribution in [2.45, 2.75) is 39.2 Å². The molecule has 1 aliphatic rings. The summed E-state index contributed by atoms with van der Waals surface area (Å²) in [7, 11) is 3.20. The van der Waals surface area contributed by atoms with Crippen molar-refractivity contribution in [1.82, 2.24) is 4.90 Å². The Morgan fingerprint density at radius 2 is 1.96 bits per heavy atom. The number of likely N-dealkylation sites (tertiary alicyclic amines) is 1. The molecule has 1 saturated heterocycles. The van der Waals surface area contributed by atoms with Crippen LogP contribution in [0.4, 0.5) is 5.69 Å². The lowest BCUT2D eigenvalue weighted by atomic mass is 10.0. The van der Waals surface area contributed by atoms with E-state index in [4.69, 9.17) is 9.47 Å². The van der Waals surface area contributed by atoms with E-state index in [1.54, 1.807) is 19.1 Å². The van der Waals surface area contributed by atoms with Crippen molar-refractivity contribution in [2.24, 2.45) is 5.92 Å². The molecule has 1 aliphatic heterocycles. The molecule has 0 aromatic heterocycles. The number of carbonyl (C=O) groups excluding carboxylic acids is 2. The molecule has 1 aromatic rings. The van der Waals surface area contributed by atoms with E-state index in [2.05, 4.69) is 5.32 Å². The van der Waals surface area contributed by atoms with Crippen LogP contribution in [0, 0.1) is 5.92 Å². The molecule has 0 saturated carbocycles. The Morgan fingerprint density at radius 1 is 1.24 bits per heavy atom. The van der Waals surface area contributed by atoms with Gasteiger partial charge in [-0.25, -0.2) is 0 Å². The molecular formula is C19H28N2O4. The molecule has 0 radical (unpaired) electrons. The van der Waals surface area contributed by atoms with Gasteiger partial charge in [0.05, 0.1) is 14.2 Å². The minimum Gasteiger partial charge on any atom is -0.493 e. The summed E-state index contributed by atoms with van der Waals surface area (Å²) in [5, 5.41) is 3.43. The predicted molar refractivity (Wildman–Crippen MR) is 97.2 cm³/mol. The summed E-state index contributed by atoms with van der Waals surface area (Å²) in [4.78, 5) is 26.0. The van der Waals surface area contributed by atoms with Crippen LogP contribution in [0.15, 0.2) is 18.2 Å². The quantitative estimate of drug-likeness (QED) is 0.768. The molecule has 1 heterocycles. The lowest BCUT2D eigenvalue weighted by Gasteiger charge is -2.33. The van der Waals surface area contributed by atoms with Gasteiger partial charge in [-0.05, 0) is 30.9 Å². The van der Waals surface area contributed by atoms with Gasteiger partial charge in [0.15, 0.2) is 11.5 Å². The van der Waals surface area contributed by atoms with Crippen molar-refractivity contribution in [3.63, 3.8) is 0 Å². The predicted octanol–water partition coefficient (Wildman–Crippen LogP) is 2.72. The average Bonchev–Trinajstić information content (AvgIpc) is 2.60. The van der Waals surface area contributed by atoms with Crippen molar-refractivity contribution in [3.8, 4) is 11.5 Å². The summed E-state index contributed by atoms with van der Waals surface area (Å²) < 4.78 is 10.6. The number of Topliss-reactive ketones (excluding diaryl/α,β-unsaturated/α-hetero) is 1. The van der Waals surface area contributed by atoms with Gasteiger partial charge in [0.1, 0.15) is 0 Å². The maximum absolute atomic E-state index is 12.3. The molecule has 1 aromatic carbocycles. The molecule has 25 heavy (non-hydrogen) atoms. The van der Waals surface area contributed by atoms with Crippen molar-refractivity contribution >= 4 is 17.4 Å². The van der Waals surface area contributed by atoms with Crippen molar-refractivity contribution < 1.29 is 19.1 Å². The Morgan fingerprint density at radius 3 is 2.60 bits per heavy atom. The van der Waals surface area contributed by atoms with Crippen LogP contribution in [-0.4, -0.2) is 49.9 Å². The number of benzene rings is 1. The maximum atomic E-state index is 12.3. The number of hydrogen-bond donors (Lipinski definition) is 1. The number of carbonyl (C=O) groups is 2. The molecule has 0 spiro atoms. The van der Waals surface area contributed by atoms with E-state index in [-0.39, 0.29) is 23.7 Å². The molecule has 138 valence electrons. The highest BCUT2D eigenvalue weighted by atomic mass is 16.5. The number of piperidine rings is 1. The summed E-state index contributed by atoms with van der Waals surface area (Å²) >= 11 is 0. The number of anilines is 1. The first-order valence-corrected chi connectivity index (χ1v) is 8.75. The van der Waals surface area contributed by atoms with Crippen LogP contribution in [0.5, 0.6) is 11.5 Å². The van der Waals surface area contributed by atoms with Crippen LogP contribution >= 0.6 is 0 Å². The number of amides is 1. The SMILES string of the molecule is COc1ccc(NC2CCCN(C(=O)C(=O)CC(C)C)C2)cc1OC. The highest BCUT2D eigenvalue weighted by Gasteiger charge is 2.28. The Bertz CT molecular complexity index is 615. The first-order chi connectivity index (χ1) is 11.9. The molecule has 0 aliphatic carbocycles. The third-order valence-electron chi connectivity index (χ3n) is 4.30. The number of nitrogens with one attached hydrogen (secondary N) is 1. The minimum atomic E-state index is -0.354. The summed E-state index contributed by atoms with van der Waals surface area (Å²) in [6.07, 6.45) is 2.14. The monoisotopic (exact) mass is 348 g/mol. The van der Waals surface area contributed by atoms with Crippen LogP contribution in [0.2, 0.25) is 0 Å². The standard InChI is InChI=1S/C19H28N2O4/c1-13(2)10-16(22)19(23)21-9-5-6-15(12-21)20-14-7-8-17(24-3)18(11-14)25-4/h7-8,11,13,15,20H,5-6,9-10,12H2,1-4H3. The lowest BCUT2D eigenvalue weighted by Crippen LogP contribution is -2.47. The van der Waals surface area contributed by atoms with E-state index < -0.39 is 0 Å². The molecule has 1 unspecified atom stereocenters. The van der Waals surface area contributed by atoms with Gasteiger partial charge >= 0.3 is 0 Å². The Labute approximate surface area is 149 Å². The lowest BCUT2D eigenvalue weighted by molar-refractivity contribution is -0.145. The molecule has 1 amide bonds. The van der Waals surface area contributed by atoms with Crippen LogP contribution in [0.3, 0.4) is 0 Å². The van der Waals surface area contributed by atoms with E-state index in [0.29, 0.717) is 31.0 Å². The zero-order valence-electron chi connectivity index (χ0n) is 15.5. The fraction of sp³-hybridized carbons (Fsp3) is 0.579. The van der Waals surface area contributed by atoms with E-state index in [1.165, 1.54) is 0 Å². The molecular weight excluding hydrogens is 320 g/mol. The fourth-order valence-electron chi connectivity index (χ4n) is 3.08. The number of nitrogens with zero attached hydrogens (tertiary/aromatic N) is 1. The van der Waals surface area contributed by atoms with Crippen LogP contribution in [-0.2, 0) is 9.59 Å². The summed E-state index contributed by atoms with van der Waals surface area (Å²) in [5.74, 6) is 0.882. The average molecular weight is 348 g/mol. The Hall–Kier alpha value is -2.24. The van der Waals surface area contributed by atoms with Crippen LogP contribution in [0.1, 0.15) is 33.1 Å². The molecule has 1 fully saturated rings. The number of hydrogen-bond acceptors (Lipinski definition) is 5. The number of methoxy groups -OCH3 is 2. The first-order valence-electron chi connectivity index (χ1n) is 8.75. The van der Waals surface area contributed by atoms with Gasteiger partial charge in [-0.3, -0.25) is 9.59 Å². The van der Waals surface area contributed by atoms with E-state index in [9.17, 15) is 9.59 Å². The van der Waals surface area contributed by atoms with Gasteiger partial charge in [-0.1, -0.05) is 13.8 Å². The summed E-state index contributed by atoms with van der Waals surface area (Å²) in [6, 6.07) is 5.76. The van der Waals surface area contributed by atoms with Crippen molar-refractivity contribution in [3.05, 3.63) is 18.2 Å². The Balaban J connectivity index is 1.99. The second-order valence-corrected chi connectivity index (χ2v) is 6.83. The molecule has 2 rings (SSSR count). The van der Waals surface area contributed by atoms with E-state index >= 15 is 0 Å². The molecule has 1 atom stereocenters. The zero-order chi connectivity index (χ0) is 18.4. The molecule has 0 bridgehead atoms. The summed E-state index contributed by atoms with van der Waals surface area (Å²) in [6.45, 7) is 5.08. The zero-order valence-corrected chi connectivity index (χ0v) is 15.5. The maximum Gasteiger partial charge on any atom is 0.290 e. The number of rotatable bonds is 7. The van der Waals surface area contributed by atoms with Gasteiger partial charge in [-0.15, -0.1) is 0 Å². The number of ketones is 1. The number of ether oxygens (including phenoxy) is 2. The molecule has 6 nitrogen and oxygen atoms in total. The largest absolute Gasteiger partial charge is 0.493 e.